The predicted octanol–water partition coefficient (Wildman–Crippen LogP) is 3.84. The van der Waals surface area contributed by atoms with Gasteiger partial charge in [0.15, 0.2) is 0 Å². The van der Waals surface area contributed by atoms with Gasteiger partial charge in [-0.15, -0.1) is 0 Å². The average Bonchev–Trinajstić information content (AvgIpc) is 2.46. The van der Waals surface area contributed by atoms with Gasteiger partial charge in [0.2, 0.25) is 0 Å². The fourth-order valence-electron chi connectivity index (χ4n) is 1.86. The van der Waals surface area contributed by atoms with E-state index in [2.05, 4.69) is 39.2 Å². The number of benzene rings is 1. The molecule has 0 fully saturated rings. The first-order valence-corrected chi connectivity index (χ1v) is 7.52. The molecule has 1 aromatic heterocycles. The lowest BCUT2D eigenvalue weighted by atomic mass is 10.2. The molecule has 0 aliphatic heterocycles. The highest BCUT2D eigenvalue weighted by atomic mass is 79.9. The van der Waals surface area contributed by atoms with Crippen LogP contribution in [0.1, 0.15) is 23.7 Å². The molecule has 0 aliphatic carbocycles. The summed E-state index contributed by atoms with van der Waals surface area (Å²) in [5.41, 5.74) is 3.32. The Labute approximate surface area is 128 Å². The molecule has 0 spiro atoms. The highest BCUT2D eigenvalue weighted by Gasteiger charge is 2.04. The molecular formula is C16H19BrN2O. The Morgan fingerprint density at radius 2 is 2.15 bits per heavy atom. The highest BCUT2D eigenvalue weighted by Crippen LogP contribution is 2.23. The van der Waals surface area contributed by atoms with Crippen LogP contribution in [0.15, 0.2) is 41.0 Å². The summed E-state index contributed by atoms with van der Waals surface area (Å²) in [6.45, 7) is 6.42. The van der Waals surface area contributed by atoms with Crippen molar-refractivity contribution in [3.05, 3.63) is 57.8 Å². The van der Waals surface area contributed by atoms with Crippen molar-refractivity contribution >= 4 is 15.9 Å². The van der Waals surface area contributed by atoms with Crippen molar-refractivity contribution in [2.45, 2.75) is 27.0 Å². The van der Waals surface area contributed by atoms with Gasteiger partial charge in [-0.2, -0.15) is 0 Å². The molecule has 20 heavy (non-hydrogen) atoms. The number of ether oxygens (including phenoxy) is 1. The van der Waals surface area contributed by atoms with Gasteiger partial charge in [-0.3, -0.25) is 4.98 Å². The molecule has 0 saturated heterocycles. The van der Waals surface area contributed by atoms with E-state index in [0.29, 0.717) is 6.61 Å². The molecule has 0 amide bonds. The van der Waals surface area contributed by atoms with Gasteiger partial charge in [0, 0.05) is 17.2 Å². The monoisotopic (exact) mass is 334 g/mol. The molecule has 0 unspecified atom stereocenters. The van der Waals surface area contributed by atoms with Crippen molar-refractivity contribution in [1.29, 1.82) is 0 Å². The van der Waals surface area contributed by atoms with Crippen LogP contribution in [0.5, 0.6) is 5.75 Å². The van der Waals surface area contributed by atoms with E-state index in [-0.39, 0.29) is 0 Å². The number of hydrogen-bond donors (Lipinski definition) is 1. The SMILES string of the molecule is CCNCc1cc(OCc2ncccc2C)ccc1Br. The van der Waals surface area contributed by atoms with E-state index in [0.717, 1.165) is 34.6 Å². The lowest BCUT2D eigenvalue weighted by Gasteiger charge is -2.11. The first-order valence-electron chi connectivity index (χ1n) is 6.73. The van der Waals surface area contributed by atoms with Gasteiger partial charge in [-0.05, 0) is 48.9 Å². The summed E-state index contributed by atoms with van der Waals surface area (Å²) in [5.74, 6) is 0.867. The number of aromatic nitrogens is 1. The summed E-state index contributed by atoms with van der Waals surface area (Å²) in [6, 6.07) is 10.0. The minimum atomic E-state index is 0.495. The molecule has 4 heteroatoms. The van der Waals surface area contributed by atoms with Crippen LogP contribution >= 0.6 is 15.9 Å². The first-order chi connectivity index (χ1) is 9.70. The highest BCUT2D eigenvalue weighted by molar-refractivity contribution is 9.10. The lowest BCUT2D eigenvalue weighted by Crippen LogP contribution is -2.12. The molecule has 0 bridgehead atoms. The molecule has 3 nitrogen and oxygen atoms in total. The second-order valence-electron chi connectivity index (χ2n) is 4.59. The third-order valence-corrected chi connectivity index (χ3v) is 3.85. The smallest absolute Gasteiger partial charge is 0.130 e. The fraction of sp³-hybridized carbons (Fsp3) is 0.312. The maximum Gasteiger partial charge on any atom is 0.130 e. The van der Waals surface area contributed by atoms with E-state index in [9.17, 15) is 0 Å². The molecule has 0 aliphatic rings. The van der Waals surface area contributed by atoms with Crippen molar-refractivity contribution < 1.29 is 4.74 Å². The Hall–Kier alpha value is -1.39. The van der Waals surface area contributed by atoms with Gasteiger partial charge in [0.05, 0.1) is 5.69 Å². The van der Waals surface area contributed by atoms with Crippen LogP contribution in [0.3, 0.4) is 0 Å². The van der Waals surface area contributed by atoms with Gasteiger partial charge in [-0.25, -0.2) is 0 Å². The summed E-state index contributed by atoms with van der Waals surface area (Å²) in [5, 5.41) is 3.32. The normalized spacial score (nSPS) is 10.6. The third kappa shape index (κ3) is 4.05. The van der Waals surface area contributed by atoms with Crippen molar-refractivity contribution in [2.24, 2.45) is 0 Å². The van der Waals surface area contributed by atoms with Crippen LogP contribution in [-0.4, -0.2) is 11.5 Å². The maximum atomic E-state index is 5.84. The van der Waals surface area contributed by atoms with Crippen molar-refractivity contribution in [1.82, 2.24) is 10.3 Å². The van der Waals surface area contributed by atoms with E-state index in [1.165, 1.54) is 5.56 Å². The van der Waals surface area contributed by atoms with Crippen molar-refractivity contribution in [2.75, 3.05) is 6.54 Å². The Morgan fingerprint density at radius 1 is 1.30 bits per heavy atom. The molecule has 2 rings (SSSR count). The van der Waals surface area contributed by atoms with Crippen LogP contribution < -0.4 is 10.1 Å². The average molecular weight is 335 g/mol. The van der Waals surface area contributed by atoms with Crippen LogP contribution in [0.2, 0.25) is 0 Å². The molecule has 1 N–H and O–H groups in total. The fourth-order valence-corrected chi connectivity index (χ4v) is 2.24. The van der Waals surface area contributed by atoms with Gasteiger partial charge < -0.3 is 10.1 Å². The minimum absolute atomic E-state index is 0.495. The standard InChI is InChI=1S/C16H19BrN2O/c1-3-18-10-13-9-14(6-7-15(13)17)20-11-16-12(2)5-4-8-19-16/h4-9,18H,3,10-11H2,1-2H3. The summed E-state index contributed by atoms with van der Waals surface area (Å²) < 4.78 is 6.93. The van der Waals surface area contributed by atoms with Crippen LogP contribution in [0.4, 0.5) is 0 Å². The molecular weight excluding hydrogens is 316 g/mol. The second kappa shape index (κ2) is 7.41. The molecule has 0 saturated carbocycles. The van der Waals surface area contributed by atoms with Crippen molar-refractivity contribution in [3.63, 3.8) is 0 Å². The van der Waals surface area contributed by atoms with E-state index in [1.54, 1.807) is 6.20 Å². The molecule has 1 heterocycles. The topological polar surface area (TPSA) is 34.1 Å². The summed E-state index contributed by atoms with van der Waals surface area (Å²) in [6.07, 6.45) is 1.80. The van der Waals surface area contributed by atoms with Gasteiger partial charge >= 0.3 is 0 Å². The van der Waals surface area contributed by atoms with Gasteiger partial charge in [0.25, 0.3) is 0 Å². The number of pyridine rings is 1. The maximum absolute atomic E-state index is 5.84. The Bertz CT molecular complexity index is 572. The number of nitrogens with one attached hydrogen (secondary N) is 1. The number of aryl methyl sites for hydroxylation is 1. The molecule has 1 aromatic carbocycles. The number of rotatable bonds is 6. The van der Waals surface area contributed by atoms with Crippen LogP contribution in [-0.2, 0) is 13.2 Å². The Morgan fingerprint density at radius 3 is 2.90 bits per heavy atom. The van der Waals surface area contributed by atoms with E-state index < -0.39 is 0 Å². The molecule has 106 valence electrons. The van der Waals surface area contributed by atoms with Crippen LogP contribution in [0.25, 0.3) is 0 Å². The zero-order valence-electron chi connectivity index (χ0n) is 11.8. The quantitative estimate of drug-likeness (QED) is 0.871. The number of nitrogens with zero attached hydrogens (tertiary/aromatic N) is 1. The Kier molecular flexibility index (Phi) is 5.56. The van der Waals surface area contributed by atoms with Gasteiger partial charge in [0.1, 0.15) is 12.4 Å². The van der Waals surface area contributed by atoms with E-state index in [4.69, 9.17) is 4.74 Å². The largest absolute Gasteiger partial charge is 0.487 e. The van der Waals surface area contributed by atoms with E-state index in [1.807, 2.05) is 31.2 Å². The molecule has 0 radical (unpaired) electrons. The number of halogens is 1. The molecule has 0 atom stereocenters. The first kappa shape index (κ1) is 15.0. The zero-order chi connectivity index (χ0) is 14.4. The lowest BCUT2D eigenvalue weighted by molar-refractivity contribution is 0.300. The number of hydrogen-bond acceptors (Lipinski definition) is 3. The zero-order valence-corrected chi connectivity index (χ0v) is 13.4. The summed E-state index contributed by atoms with van der Waals surface area (Å²) in [7, 11) is 0. The minimum Gasteiger partial charge on any atom is -0.487 e. The summed E-state index contributed by atoms with van der Waals surface area (Å²) in [4.78, 5) is 4.34. The third-order valence-electron chi connectivity index (χ3n) is 3.08. The van der Waals surface area contributed by atoms with E-state index >= 15 is 0 Å². The summed E-state index contributed by atoms with van der Waals surface area (Å²) >= 11 is 3.56. The van der Waals surface area contributed by atoms with Gasteiger partial charge in [-0.1, -0.05) is 28.9 Å². The van der Waals surface area contributed by atoms with Crippen LogP contribution in [0, 0.1) is 6.92 Å². The van der Waals surface area contributed by atoms with Crippen molar-refractivity contribution in [3.8, 4) is 5.75 Å². The molecule has 2 aromatic rings. The predicted molar refractivity (Wildman–Crippen MR) is 84.8 cm³/mol. The second-order valence-corrected chi connectivity index (χ2v) is 5.44. The Balaban J connectivity index is 2.04.